The summed E-state index contributed by atoms with van der Waals surface area (Å²) in [5.74, 6) is 0.106. The lowest BCUT2D eigenvalue weighted by molar-refractivity contribution is -0.135. The largest absolute Gasteiger partial charge is 0.336 e. The summed E-state index contributed by atoms with van der Waals surface area (Å²) >= 11 is 0. The van der Waals surface area contributed by atoms with Crippen LogP contribution in [0.5, 0.6) is 0 Å². The van der Waals surface area contributed by atoms with Crippen LogP contribution in [0.25, 0.3) is 0 Å². The minimum absolute atomic E-state index is 0.106. The molecule has 3 rings (SSSR count). The van der Waals surface area contributed by atoms with Crippen molar-refractivity contribution in [3.05, 3.63) is 30.1 Å². The van der Waals surface area contributed by atoms with Crippen molar-refractivity contribution in [3.8, 4) is 0 Å². The summed E-state index contributed by atoms with van der Waals surface area (Å²) in [5, 5.41) is 8.59. The average Bonchev–Trinajstić information content (AvgIpc) is 3.20. The summed E-state index contributed by atoms with van der Waals surface area (Å²) in [4.78, 5) is 18.6. The van der Waals surface area contributed by atoms with E-state index in [9.17, 15) is 4.79 Å². The van der Waals surface area contributed by atoms with E-state index in [-0.39, 0.29) is 18.0 Å². The van der Waals surface area contributed by atoms with E-state index in [1.807, 2.05) is 23.4 Å². The summed E-state index contributed by atoms with van der Waals surface area (Å²) in [6.45, 7) is 7.49. The standard InChI is InChI=1S/C15H22N6O/c1-11-7-12(2)20(18-11)8-14-5-4-6-19(14)15(22)13(3)21-10-16-9-17-21/h7,9-10,13-14H,4-6,8H2,1-3H3/t13-,14-/m0/s1. The van der Waals surface area contributed by atoms with Gasteiger partial charge in [-0.3, -0.25) is 9.48 Å². The van der Waals surface area contributed by atoms with Gasteiger partial charge in [-0.25, -0.2) is 9.67 Å². The van der Waals surface area contributed by atoms with Crippen molar-refractivity contribution in [1.29, 1.82) is 0 Å². The SMILES string of the molecule is Cc1cc(C)n(C[C@@H]2CCCN2C(=O)[C@H](C)n2cncn2)n1. The molecule has 22 heavy (non-hydrogen) atoms. The zero-order valence-corrected chi connectivity index (χ0v) is 13.3. The highest BCUT2D eigenvalue weighted by Crippen LogP contribution is 2.23. The Labute approximate surface area is 129 Å². The molecular weight excluding hydrogens is 280 g/mol. The number of likely N-dealkylation sites (tertiary alicyclic amines) is 1. The van der Waals surface area contributed by atoms with Gasteiger partial charge in [0.15, 0.2) is 0 Å². The minimum atomic E-state index is -0.316. The van der Waals surface area contributed by atoms with Crippen LogP contribution in [0.2, 0.25) is 0 Å². The van der Waals surface area contributed by atoms with E-state index < -0.39 is 0 Å². The Morgan fingerprint density at radius 2 is 2.27 bits per heavy atom. The summed E-state index contributed by atoms with van der Waals surface area (Å²) in [5.41, 5.74) is 2.16. The number of hydrogen-bond acceptors (Lipinski definition) is 4. The highest BCUT2D eigenvalue weighted by molar-refractivity contribution is 5.80. The predicted octanol–water partition coefficient (Wildman–Crippen LogP) is 1.34. The summed E-state index contributed by atoms with van der Waals surface area (Å²) in [7, 11) is 0. The molecule has 1 aliphatic rings. The van der Waals surface area contributed by atoms with Crippen LogP contribution in [0.3, 0.4) is 0 Å². The Bertz CT molecular complexity index is 647. The lowest BCUT2D eigenvalue weighted by atomic mass is 10.2. The minimum Gasteiger partial charge on any atom is -0.336 e. The molecule has 7 nitrogen and oxygen atoms in total. The Hall–Kier alpha value is -2.18. The molecule has 1 saturated heterocycles. The van der Waals surface area contributed by atoms with Crippen molar-refractivity contribution >= 4 is 5.91 Å². The number of carbonyl (C=O) groups is 1. The van der Waals surface area contributed by atoms with Gasteiger partial charge in [0.2, 0.25) is 5.91 Å². The normalized spacial score (nSPS) is 19.6. The van der Waals surface area contributed by atoms with Crippen LogP contribution >= 0.6 is 0 Å². The van der Waals surface area contributed by atoms with Crippen molar-refractivity contribution in [2.75, 3.05) is 6.54 Å². The van der Waals surface area contributed by atoms with Crippen LogP contribution in [0.4, 0.5) is 0 Å². The molecule has 1 fully saturated rings. The number of aromatic nitrogens is 5. The first-order chi connectivity index (χ1) is 10.6. The topological polar surface area (TPSA) is 68.8 Å². The lowest BCUT2D eigenvalue weighted by Crippen LogP contribution is -2.42. The number of carbonyl (C=O) groups excluding carboxylic acids is 1. The molecule has 3 heterocycles. The van der Waals surface area contributed by atoms with Crippen molar-refractivity contribution < 1.29 is 4.79 Å². The van der Waals surface area contributed by atoms with E-state index in [0.717, 1.165) is 37.3 Å². The molecule has 2 atom stereocenters. The summed E-state index contributed by atoms with van der Waals surface area (Å²) in [6.07, 6.45) is 5.11. The van der Waals surface area contributed by atoms with Crippen LogP contribution in [0.1, 0.15) is 37.2 Å². The molecule has 0 spiro atoms. The van der Waals surface area contributed by atoms with Crippen LogP contribution in [-0.4, -0.2) is 47.9 Å². The fraction of sp³-hybridized carbons (Fsp3) is 0.600. The zero-order chi connectivity index (χ0) is 15.7. The maximum atomic E-state index is 12.7. The maximum absolute atomic E-state index is 12.7. The average molecular weight is 302 g/mol. The first-order valence-electron chi connectivity index (χ1n) is 7.72. The molecule has 0 unspecified atom stereocenters. The first kappa shape index (κ1) is 14.7. The third-order valence-corrected chi connectivity index (χ3v) is 4.34. The molecule has 0 bridgehead atoms. The second-order valence-electron chi connectivity index (χ2n) is 5.99. The lowest BCUT2D eigenvalue weighted by Gasteiger charge is -2.27. The molecule has 0 aliphatic carbocycles. The van der Waals surface area contributed by atoms with Crippen LogP contribution < -0.4 is 0 Å². The Balaban J connectivity index is 1.72. The number of aryl methyl sites for hydroxylation is 2. The fourth-order valence-corrected chi connectivity index (χ4v) is 3.15. The van der Waals surface area contributed by atoms with E-state index in [1.54, 1.807) is 11.0 Å². The molecule has 0 aromatic carbocycles. The summed E-state index contributed by atoms with van der Waals surface area (Å²) < 4.78 is 3.62. The van der Waals surface area contributed by atoms with Crippen molar-refractivity contribution in [2.45, 2.75) is 52.2 Å². The van der Waals surface area contributed by atoms with E-state index in [2.05, 4.69) is 28.2 Å². The van der Waals surface area contributed by atoms with E-state index >= 15 is 0 Å². The van der Waals surface area contributed by atoms with Gasteiger partial charge >= 0.3 is 0 Å². The third-order valence-electron chi connectivity index (χ3n) is 4.34. The number of hydrogen-bond donors (Lipinski definition) is 0. The van der Waals surface area contributed by atoms with Gasteiger partial charge in [0.05, 0.1) is 18.3 Å². The second kappa shape index (κ2) is 5.90. The Morgan fingerprint density at radius 1 is 1.45 bits per heavy atom. The van der Waals surface area contributed by atoms with Crippen molar-refractivity contribution in [1.82, 2.24) is 29.4 Å². The summed E-state index contributed by atoms with van der Waals surface area (Å²) in [6, 6.07) is 1.96. The Morgan fingerprint density at radius 3 is 2.91 bits per heavy atom. The molecular formula is C15H22N6O. The van der Waals surface area contributed by atoms with Crippen molar-refractivity contribution in [2.24, 2.45) is 0 Å². The monoisotopic (exact) mass is 302 g/mol. The molecule has 7 heteroatoms. The highest BCUT2D eigenvalue weighted by Gasteiger charge is 2.32. The smallest absolute Gasteiger partial charge is 0.247 e. The van der Waals surface area contributed by atoms with Crippen LogP contribution in [0, 0.1) is 13.8 Å². The van der Waals surface area contributed by atoms with E-state index in [4.69, 9.17) is 0 Å². The van der Waals surface area contributed by atoms with Gasteiger partial charge in [0.25, 0.3) is 0 Å². The van der Waals surface area contributed by atoms with Crippen LogP contribution in [0.15, 0.2) is 18.7 Å². The molecule has 2 aromatic rings. The molecule has 0 radical (unpaired) electrons. The third kappa shape index (κ3) is 2.75. The number of amides is 1. The highest BCUT2D eigenvalue weighted by atomic mass is 16.2. The van der Waals surface area contributed by atoms with E-state index in [0.29, 0.717) is 0 Å². The van der Waals surface area contributed by atoms with Gasteiger partial charge < -0.3 is 4.90 Å². The first-order valence-corrected chi connectivity index (χ1v) is 7.72. The van der Waals surface area contributed by atoms with Gasteiger partial charge in [-0.1, -0.05) is 0 Å². The molecule has 0 saturated carbocycles. The van der Waals surface area contributed by atoms with Gasteiger partial charge in [-0.05, 0) is 39.7 Å². The molecule has 1 aliphatic heterocycles. The van der Waals surface area contributed by atoms with Crippen molar-refractivity contribution in [3.63, 3.8) is 0 Å². The molecule has 118 valence electrons. The Kier molecular flexibility index (Phi) is 3.96. The quantitative estimate of drug-likeness (QED) is 0.855. The van der Waals surface area contributed by atoms with Gasteiger partial charge in [-0.2, -0.15) is 10.2 Å². The maximum Gasteiger partial charge on any atom is 0.247 e. The van der Waals surface area contributed by atoms with Gasteiger partial charge in [0.1, 0.15) is 18.7 Å². The van der Waals surface area contributed by atoms with Crippen LogP contribution in [-0.2, 0) is 11.3 Å². The molecule has 0 N–H and O–H groups in total. The van der Waals surface area contributed by atoms with Gasteiger partial charge in [0, 0.05) is 12.2 Å². The molecule has 1 amide bonds. The fourth-order valence-electron chi connectivity index (χ4n) is 3.15. The zero-order valence-electron chi connectivity index (χ0n) is 13.3. The predicted molar refractivity (Wildman–Crippen MR) is 81.2 cm³/mol. The van der Waals surface area contributed by atoms with E-state index in [1.165, 1.54) is 6.33 Å². The second-order valence-corrected chi connectivity index (χ2v) is 5.99. The van der Waals surface area contributed by atoms with Gasteiger partial charge in [-0.15, -0.1) is 0 Å². The number of nitrogens with zero attached hydrogens (tertiary/aromatic N) is 6. The molecule has 2 aromatic heterocycles. The number of rotatable bonds is 4.